The van der Waals surface area contributed by atoms with Gasteiger partial charge in [-0.15, -0.1) is 0 Å². The number of benzene rings is 6. The summed E-state index contributed by atoms with van der Waals surface area (Å²) in [5, 5.41) is 2.23. The molecule has 41 heavy (non-hydrogen) atoms. The van der Waals surface area contributed by atoms with Crippen molar-refractivity contribution in [2.24, 2.45) is 0 Å². The van der Waals surface area contributed by atoms with Crippen molar-refractivity contribution in [1.82, 2.24) is 4.98 Å². The fraction of sp³-hybridized carbons (Fsp3) is 0.0789. The summed E-state index contributed by atoms with van der Waals surface area (Å²) < 4.78 is 6.54. The van der Waals surface area contributed by atoms with Crippen LogP contribution in [-0.4, -0.2) is 4.98 Å². The maximum Gasteiger partial charge on any atom is 0.307 e. The molecule has 8 rings (SSSR count). The van der Waals surface area contributed by atoms with E-state index in [0.717, 1.165) is 38.8 Å². The summed E-state index contributed by atoms with van der Waals surface area (Å²) in [6.07, 6.45) is 0. The molecule has 0 aliphatic heterocycles. The van der Waals surface area contributed by atoms with Crippen LogP contribution in [0.1, 0.15) is 25.0 Å². The van der Waals surface area contributed by atoms with E-state index in [1.165, 1.54) is 27.8 Å². The number of hydrogen-bond acceptors (Lipinski definition) is 3. The smallest absolute Gasteiger partial charge is 0.307 e. The van der Waals surface area contributed by atoms with E-state index in [1.807, 2.05) is 12.1 Å². The highest BCUT2D eigenvalue weighted by Crippen LogP contribution is 2.50. The van der Waals surface area contributed by atoms with Crippen LogP contribution in [-0.2, 0) is 5.41 Å². The Morgan fingerprint density at radius 1 is 0.585 bits per heavy atom. The molecule has 0 saturated carbocycles. The summed E-state index contributed by atoms with van der Waals surface area (Å²) in [7, 11) is 0. The molecule has 3 nitrogen and oxygen atoms in total. The van der Waals surface area contributed by atoms with Crippen molar-refractivity contribution in [1.29, 1.82) is 0 Å². The van der Waals surface area contributed by atoms with Gasteiger partial charge in [0.15, 0.2) is 5.58 Å². The first-order valence-electron chi connectivity index (χ1n) is 14.1. The van der Waals surface area contributed by atoms with Gasteiger partial charge in [0.25, 0.3) is 0 Å². The van der Waals surface area contributed by atoms with Gasteiger partial charge in [0.2, 0.25) is 0 Å². The highest BCUT2D eigenvalue weighted by molar-refractivity contribution is 6.04. The largest absolute Gasteiger partial charge is 0.423 e. The van der Waals surface area contributed by atoms with Crippen LogP contribution in [0, 0.1) is 0 Å². The molecular weight excluding hydrogens is 500 g/mol. The molecule has 3 heteroatoms. The molecular formula is C38H28N2O. The van der Waals surface area contributed by atoms with E-state index in [9.17, 15) is 0 Å². The SMILES string of the molecule is CC1(C)c2ccccc2-c2cc(N(c3cccc(-c4ccccc4)c3)c3nc4c(ccc5ccccc54)o3)ccc21. The highest BCUT2D eigenvalue weighted by atomic mass is 16.4. The molecule has 1 aliphatic carbocycles. The van der Waals surface area contributed by atoms with Crippen LogP contribution >= 0.6 is 0 Å². The van der Waals surface area contributed by atoms with Crippen LogP contribution in [0.25, 0.3) is 44.1 Å². The number of fused-ring (bicyclic) bond motifs is 6. The van der Waals surface area contributed by atoms with Gasteiger partial charge < -0.3 is 4.42 Å². The minimum atomic E-state index is -0.0565. The summed E-state index contributed by atoms with van der Waals surface area (Å²) >= 11 is 0. The number of aromatic nitrogens is 1. The summed E-state index contributed by atoms with van der Waals surface area (Å²) in [6.45, 7) is 4.62. The molecule has 0 atom stereocenters. The molecule has 1 heterocycles. The second-order valence-corrected chi connectivity index (χ2v) is 11.3. The first-order valence-corrected chi connectivity index (χ1v) is 14.1. The molecule has 7 aromatic rings. The Balaban J connectivity index is 1.36. The fourth-order valence-electron chi connectivity index (χ4n) is 6.42. The van der Waals surface area contributed by atoms with Crippen LogP contribution in [0.2, 0.25) is 0 Å². The third-order valence-corrected chi connectivity index (χ3v) is 8.50. The highest BCUT2D eigenvalue weighted by Gasteiger charge is 2.35. The van der Waals surface area contributed by atoms with Gasteiger partial charge in [-0.2, -0.15) is 4.98 Å². The Bertz CT molecular complexity index is 2090. The second kappa shape index (κ2) is 8.94. The van der Waals surface area contributed by atoms with Crippen molar-refractivity contribution in [2.45, 2.75) is 19.3 Å². The average molecular weight is 529 g/mol. The maximum atomic E-state index is 6.54. The van der Waals surface area contributed by atoms with Crippen molar-refractivity contribution >= 4 is 39.3 Å². The predicted octanol–water partition coefficient (Wildman–Crippen LogP) is 10.4. The number of hydrogen-bond donors (Lipinski definition) is 0. The van der Waals surface area contributed by atoms with Gasteiger partial charge in [0.05, 0.1) is 11.4 Å². The Morgan fingerprint density at radius 2 is 1.32 bits per heavy atom. The van der Waals surface area contributed by atoms with Gasteiger partial charge in [0.1, 0.15) is 5.52 Å². The lowest BCUT2D eigenvalue weighted by atomic mass is 9.82. The van der Waals surface area contributed by atoms with Crippen molar-refractivity contribution in [3.8, 4) is 22.3 Å². The maximum absolute atomic E-state index is 6.54. The molecule has 0 N–H and O–H groups in total. The van der Waals surface area contributed by atoms with Gasteiger partial charge in [0, 0.05) is 10.8 Å². The molecule has 196 valence electrons. The van der Waals surface area contributed by atoms with Crippen LogP contribution < -0.4 is 4.90 Å². The summed E-state index contributed by atoms with van der Waals surface area (Å²) in [5.74, 6) is 0. The van der Waals surface area contributed by atoms with E-state index in [1.54, 1.807) is 0 Å². The third-order valence-electron chi connectivity index (χ3n) is 8.50. The molecule has 0 bridgehead atoms. The number of nitrogens with zero attached hydrogens (tertiary/aromatic N) is 2. The number of rotatable bonds is 4. The fourth-order valence-corrected chi connectivity index (χ4v) is 6.42. The van der Waals surface area contributed by atoms with Crippen molar-refractivity contribution in [3.05, 3.63) is 145 Å². The topological polar surface area (TPSA) is 29.3 Å². The van der Waals surface area contributed by atoms with Gasteiger partial charge in [-0.05, 0) is 69.1 Å². The van der Waals surface area contributed by atoms with E-state index in [4.69, 9.17) is 9.40 Å². The summed E-state index contributed by atoms with van der Waals surface area (Å²) in [5.41, 5.74) is 11.1. The molecule has 1 aliphatic rings. The van der Waals surface area contributed by atoms with Crippen LogP contribution in [0.3, 0.4) is 0 Å². The molecule has 0 radical (unpaired) electrons. The molecule has 0 fully saturated rings. The number of anilines is 3. The average Bonchev–Trinajstić information content (AvgIpc) is 3.55. The van der Waals surface area contributed by atoms with Crippen molar-refractivity contribution in [3.63, 3.8) is 0 Å². The molecule has 0 spiro atoms. The molecule has 0 amide bonds. The standard InChI is InChI=1S/C38H28N2O/c1-38(2)33-18-9-8-17-31(33)32-24-29(20-21-34(32)38)40(28-15-10-14-27(23-28)25-11-4-3-5-12-25)37-39-36-30-16-7-6-13-26(30)19-22-35(36)41-37/h3-24H,1-2H3. The Labute approximate surface area is 239 Å². The van der Waals surface area contributed by atoms with E-state index < -0.39 is 0 Å². The van der Waals surface area contributed by atoms with Gasteiger partial charge in [-0.25, -0.2) is 0 Å². The van der Waals surface area contributed by atoms with Gasteiger partial charge in [-0.3, -0.25) is 4.90 Å². The van der Waals surface area contributed by atoms with E-state index in [-0.39, 0.29) is 5.41 Å². The quantitative estimate of drug-likeness (QED) is 0.228. The van der Waals surface area contributed by atoms with Crippen molar-refractivity contribution < 1.29 is 4.42 Å². The number of oxazole rings is 1. The minimum Gasteiger partial charge on any atom is -0.423 e. The van der Waals surface area contributed by atoms with Crippen LogP contribution in [0.5, 0.6) is 0 Å². The van der Waals surface area contributed by atoms with E-state index in [0.29, 0.717) is 6.01 Å². The Hall–Kier alpha value is -5.15. The van der Waals surface area contributed by atoms with Crippen LogP contribution in [0.4, 0.5) is 17.4 Å². The summed E-state index contributed by atoms with van der Waals surface area (Å²) in [4.78, 5) is 7.27. The Morgan fingerprint density at radius 3 is 2.22 bits per heavy atom. The van der Waals surface area contributed by atoms with Crippen LogP contribution in [0.15, 0.2) is 138 Å². The second-order valence-electron chi connectivity index (χ2n) is 11.3. The molecule has 0 unspecified atom stereocenters. The van der Waals surface area contributed by atoms with Crippen molar-refractivity contribution in [2.75, 3.05) is 4.90 Å². The van der Waals surface area contributed by atoms with E-state index >= 15 is 0 Å². The van der Waals surface area contributed by atoms with Gasteiger partial charge >= 0.3 is 6.01 Å². The van der Waals surface area contributed by atoms with Gasteiger partial charge in [-0.1, -0.05) is 117 Å². The lowest BCUT2D eigenvalue weighted by Crippen LogP contribution is -2.15. The zero-order chi connectivity index (χ0) is 27.6. The first kappa shape index (κ1) is 23.7. The molecule has 1 aromatic heterocycles. The predicted molar refractivity (Wildman–Crippen MR) is 169 cm³/mol. The molecule has 6 aromatic carbocycles. The van der Waals surface area contributed by atoms with E-state index in [2.05, 4.69) is 140 Å². The minimum absolute atomic E-state index is 0.0565. The normalized spacial score (nSPS) is 13.3. The zero-order valence-electron chi connectivity index (χ0n) is 23.0. The lowest BCUT2D eigenvalue weighted by molar-refractivity contribution is 0.608. The third kappa shape index (κ3) is 3.70. The first-order chi connectivity index (χ1) is 20.1. The zero-order valence-corrected chi connectivity index (χ0v) is 23.0. The monoisotopic (exact) mass is 528 g/mol. The Kier molecular flexibility index (Phi) is 5.17. The lowest BCUT2D eigenvalue weighted by Gasteiger charge is -2.24. The summed E-state index contributed by atoms with van der Waals surface area (Å²) in [6, 6.07) is 47.6. The molecule has 0 saturated heterocycles.